The van der Waals surface area contributed by atoms with E-state index in [1.165, 1.54) is 0 Å². The number of nitrogens with one attached hydrogen (secondary N) is 2. The van der Waals surface area contributed by atoms with Gasteiger partial charge in [-0.3, -0.25) is 4.79 Å². The summed E-state index contributed by atoms with van der Waals surface area (Å²) in [4.78, 5) is 21.6. The molecule has 2 amide bonds. The average Bonchev–Trinajstić information content (AvgIpc) is 2.13. The van der Waals surface area contributed by atoms with Gasteiger partial charge in [0, 0.05) is 19.5 Å². The van der Waals surface area contributed by atoms with Crippen LogP contribution in [0.2, 0.25) is 0 Å². The van der Waals surface area contributed by atoms with Gasteiger partial charge in [-0.1, -0.05) is 18.6 Å². The van der Waals surface area contributed by atoms with E-state index in [1.807, 2.05) is 19.9 Å². The SMILES string of the molecule is CC(C)=CCNC(=O)NCC(C)CC(=O)O. The largest absolute Gasteiger partial charge is 0.481 e. The van der Waals surface area contributed by atoms with Gasteiger partial charge in [0.15, 0.2) is 0 Å². The van der Waals surface area contributed by atoms with Crippen LogP contribution in [0, 0.1) is 5.92 Å². The fourth-order valence-corrected chi connectivity index (χ4v) is 1.05. The van der Waals surface area contributed by atoms with Crippen LogP contribution in [0.1, 0.15) is 27.2 Å². The highest BCUT2D eigenvalue weighted by molar-refractivity contribution is 5.74. The Labute approximate surface area is 95.9 Å². The van der Waals surface area contributed by atoms with Crippen LogP contribution in [0.25, 0.3) is 0 Å². The van der Waals surface area contributed by atoms with Crippen molar-refractivity contribution in [1.82, 2.24) is 10.6 Å². The summed E-state index contributed by atoms with van der Waals surface area (Å²) in [6.45, 7) is 6.54. The Morgan fingerprint density at radius 1 is 1.31 bits per heavy atom. The van der Waals surface area contributed by atoms with E-state index in [0.29, 0.717) is 13.1 Å². The first-order chi connectivity index (χ1) is 7.41. The molecule has 0 saturated carbocycles. The van der Waals surface area contributed by atoms with Crippen LogP contribution in [0.5, 0.6) is 0 Å². The van der Waals surface area contributed by atoms with Gasteiger partial charge in [-0.2, -0.15) is 0 Å². The number of hydrogen-bond acceptors (Lipinski definition) is 2. The van der Waals surface area contributed by atoms with Crippen LogP contribution in [0.3, 0.4) is 0 Å². The molecule has 0 radical (unpaired) electrons. The number of urea groups is 1. The van der Waals surface area contributed by atoms with Crippen molar-refractivity contribution in [3.05, 3.63) is 11.6 Å². The van der Waals surface area contributed by atoms with Gasteiger partial charge in [0.05, 0.1) is 0 Å². The molecule has 1 atom stereocenters. The van der Waals surface area contributed by atoms with E-state index in [9.17, 15) is 9.59 Å². The molecule has 5 heteroatoms. The van der Waals surface area contributed by atoms with Crippen molar-refractivity contribution in [2.45, 2.75) is 27.2 Å². The van der Waals surface area contributed by atoms with Crippen molar-refractivity contribution in [2.75, 3.05) is 13.1 Å². The normalized spacial score (nSPS) is 11.4. The molecule has 0 aromatic carbocycles. The van der Waals surface area contributed by atoms with Gasteiger partial charge in [-0.15, -0.1) is 0 Å². The number of hydrogen-bond donors (Lipinski definition) is 3. The lowest BCUT2D eigenvalue weighted by atomic mass is 10.1. The number of carboxylic acids is 1. The zero-order chi connectivity index (χ0) is 12.6. The Morgan fingerprint density at radius 2 is 1.94 bits per heavy atom. The van der Waals surface area contributed by atoms with Gasteiger partial charge in [0.2, 0.25) is 0 Å². The summed E-state index contributed by atoms with van der Waals surface area (Å²) in [6.07, 6.45) is 1.97. The minimum absolute atomic E-state index is 0.0632. The third-order valence-electron chi connectivity index (χ3n) is 1.91. The lowest BCUT2D eigenvalue weighted by molar-refractivity contribution is -0.137. The predicted molar refractivity (Wildman–Crippen MR) is 62.2 cm³/mol. The standard InChI is InChI=1S/C11H20N2O3/c1-8(2)4-5-12-11(16)13-7-9(3)6-10(14)15/h4,9H,5-7H2,1-3H3,(H,14,15)(H2,12,13,16). The minimum Gasteiger partial charge on any atom is -0.481 e. The van der Waals surface area contributed by atoms with Crippen molar-refractivity contribution in [2.24, 2.45) is 5.92 Å². The second-order valence-electron chi connectivity index (χ2n) is 4.08. The second-order valence-corrected chi connectivity index (χ2v) is 4.08. The molecule has 5 nitrogen and oxygen atoms in total. The average molecular weight is 228 g/mol. The molecule has 3 N–H and O–H groups in total. The van der Waals surface area contributed by atoms with Crippen molar-refractivity contribution in [3.8, 4) is 0 Å². The second kappa shape index (κ2) is 7.73. The van der Waals surface area contributed by atoms with Crippen molar-refractivity contribution in [3.63, 3.8) is 0 Å². The van der Waals surface area contributed by atoms with Gasteiger partial charge in [0.25, 0.3) is 0 Å². The van der Waals surface area contributed by atoms with Crippen molar-refractivity contribution < 1.29 is 14.7 Å². The van der Waals surface area contributed by atoms with E-state index in [4.69, 9.17) is 5.11 Å². The van der Waals surface area contributed by atoms with Gasteiger partial charge in [-0.25, -0.2) is 4.79 Å². The zero-order valence-corrected chi connectivity index (χ0v) is 10.0. The Bertz CT molecular complexity index is 270. The molecule has 0 aliphatic heterocycles. The van der Waals surface area contributed by atoms with Crippen molar-refractivity contribution in [1.29, 1.82) is 0 Å². The molecule has 0 aliphatic rings. The molecule has 0 spiro atoms. The lowest BCUT2D eigenvalue weighted by Gasteiger charge is -2.10. The van der Waals surface area contributed by atoms with Crippen LogP contribution in [0.15, 0.2) is 11.6 Å². The minimum atomic E-state index is -0.848. The molecule has 1 unspecified atom stereocenters. The third-order valence-corrected chi connectivity index (χ3v) is 1.91. The summed E-state index contributed by atoms with van der Waals surface area (Å²) >= 11 is 0. The quantitative estimate of drug-likeness (QED) is 0.601. The maximum Gasteiger partial charge on any atom is 0.315 e. The maximum absolute atomic E-state index is 11.2. The number of aliphatic carboxylic acids is 1. The fourth-order valence-electron chi connectivity index (χ4n) is 1.05. The lowest BCUT2D eigenvalue weighted by Crippen LogP contribution is -2.38. The zero-order valence-electron chi connectivity index (χ0n) is 10.0. The van der Waals surface area contributed by atoms with E-state index in [2.05, 4.69) is 10.6 Å². The molecular weight excluding hydrogens is 208 g/mol. The van der Waals surface area contributed by atoms with Crippen LogP contribution >= 0.6 is 0 Å². The Hall–Kier alpha value is -1.52. The summed E-state index contributed by atoms with van der Waals surface area (Å²) in [5.41, 5.74) is 1.14. The van der Waals surface area contributed by atoms with Crippen LogP contribution in [-0.4, -0.2) is 30.2 Å². The van der Waals surface area contributed by atoms with E-state index in [-0.39, 0.29) is 18.4 Å². The Morgan fingerprint density at radius 3 is 2.44 bits per heavy atom. The summed E-state index contributed by atoms with van der Waals surface area (Å²) in [5, 5.41) is 13.8. The first-order valence-electron chi connectivity index (χ1n) is 5.28. The predicted octanol–water partition coefficient (Wildman–Crippen LogP) is 1.36. The number of carbonyl (C=O) groups excluding carboxylic acids is 1. The van der Waals surface area contributed by atoms with Crippen LogP contribution in [0.4, 0.5) is 4.79 Å². The third kappa shape index (κ3) is 9.05. The number of carbonyl (C=O) groups is 2. The molecule has 0 fully saturated rings. The molecule has 0 bridgehead atoms. The molecule has 92 valence electrons. The molecular formula is C11H20N2O3. The molecule has 16 heavy (non-hydrogen) atoms. The van der Waals surface area contributed by atoms with Gasteiger partial charge in [-0.05, 0) is 19.8 Å². The highest BCUT2D eigenvalue weighted by Crippen LogP contribution is 1.98. The van der Waals surface area contributed by atoms with Gasteiger partial charge >= 0.3 is 12.0 Å². The smallest absolute Gasteiger partial charge is 0.315 e. The van der Waals surface area contributed by atoms with Gasteiger partial charge < -0.3 is 15.7 Å². The summed E-state index contributed by atoms with van der Waals surface area (Å²) < 4.78 is 0. The summed E-state index contributed by atoms with van der Waals surface area (Å²) in [7, 11) is 0. The Balaban J connectivity index is 3.65. The molecule has 0 rings (SSSR count). The fraction of sp³-hybridized carbons (Fsp3) is 0.636. The maximum atomic E-state index is 11.2. The van der Waals surface area contributed by atoms with E-state index >= 15 is 0 Å². The van der Waals surface area contributed by atoms with Crippen LogP contribution < -0.4 is 10.6 Å². The number of carboxylic acid groups (broad SMARTS) is 1. The summed E-state index contributed by atoms with van der Waals surface area (Å²) in [6, 6.07) is -0.269. The molecule has 0 aliphatic carbocycles. The highest BCUT2D eigenvalue weighted by Gasteiger charge is 2.08. The number of amides is 2. The number of allylic oxidation sites excluding steroid dienone is 1. The van der Waals surface area contributed by atoms with E-state index in [0.717, 1.165) is 5.57 Å². The highest BCUT2D eigenvalue weighted by atomic mass is 16.4. The molecule has 0 heterocycles. The molecule has 0 aromatic heterocycles. The Kier molecular flexibility index (Phi) is 7.00. The van der Waals surface area contributed by atoms with Crippen LogP contribution in [-0.2, 0) is 4.79 Å². The van der Waals surface area contributed by atoms with E-state index in [1.54, 1.807) is 6.92 Å². The molecule has 0 aromatic rings. The topological polar surface area (TPSA) is 78.4 Å². The number of rotatable bonds is 6. The summed E-state index contributed by atoms with van der Waals surface area (Å²) in [5.74, 6) is -0.911. The van der Waals surface area contributed by atoms with E-state index < -0.39 is 5.97 Å². The van der Waals surface area contributed by atoms with Crippen molar-refractivity contribution >= 4 is 12.0 Å². The molecule has 0 saturated heterocycles. The van der Waals surface area contributed by atoms with Gasteiger partial charge in [0.1, 0.15) is 0 Å². The first kappa shape index (κ1) is 14.5. The monoisotopic (exact) mass is 228 g/mol. The first-order valence-corrected chi connectivity index (χ1v) is 5.28.